The maximum Gasteiger partial charge on any atom is 0.271 e. The van der Waals surface area contributed by atoms with Crippen LogP contribution in [-0.4, -0.2) is 47.5 Å². The van der Waals surface area contributed by atoms with Gasteiger partial charge in [-0.15, -0.1) is 45.3 Å². The van der Waals surface area contributed by atoms with Crippen molar-refractivity contribution in [1.82, 2.24) is 9.80 Å². The van der Waals surface area contributed by atoms with Crippen molar-refractivity contribution in [3.8, 4) is 6.07 Å². The molecular formula is C36H26N4O4S4. The minimum Gasteiger partial charge on any atom is -0.287 e. The maximum absolute atomic E-state index is 13.3. The number of rotatable bonds is 2. The number of likely N-dealkylation sites (N-methyl/N-ethyl adjacent to an activating group) is 2. The molecular weight excluding hydrogens is 681 g/mol. The van der Waals surface area contributed by atoms with E-state index < -0.39 is 17.7 Å². The lowest BCUT2D eigenvalue weighted by Crippen LogP contribution is -2.40. The molecule has 2 aliphatic heterocycles. The number of amides is 4. The van der Waals surface area contributed by atoms with Crippen molar-refractivity contribution in [2.24, 2.45) is 0 Å². The number of nitrogens with zero attached hydrogens (tertiary/aromatic N) is 4. The number of allylic oxidation sites excluding steroid dienone is 2. The van der Waals surface area contributed by atoms with E-state index in [4.69, 9.17) is 6.57 Å². The van der Waals surface area contributed by atoms with Gasteiger partial charge in [-0.1, -0.05) is 19.3 Å². The third kappa shape index (κ3) is 4.07. The summed E-state index contributed by atoms with van der Waals surface area (Å²) in [5.41, 5.74) is 3.79. The summed E-state index contributed by atoms with van der Waals surface area (Å²) in [5.74, 6) is -1.91. The van der Waals surface area contributed by atoms with E-state index in [0.29, 0.717) is 22.3 Å². The Labute approximate surface area is 291 Å². The lowest BCUT2D eigenvalue weighted by atomic mass is 9.67. The molecule has 8 nitrogen and oxygen atoms in total. The molecule has 4 aliphatic rings. The number of imide groups is 2. The molecule has 1 saturated carbocycles. The Morgan fingerprint density at radius 1 is 0.812 bits per heavy atom. The highest BCUT2D eigenvalue weighted by Gasteiger charge is 2.46. The molecule has 0 bridgehead atoms. The average Bonchev–Trinajstić information content (AvgIpc) is 3.85. The highest BCUT2D eigenvalue weighted by molar-refractivity contribution is 7.44. The summed E-state index contributed by atoms with van der Waals surface area (Å²) in [6.45, 7) is 10.8. The predicted octanol–water partition coefficient (Wildman–Crippen LogP) is 8.33. The molecule has 1 spiro atoms. The van der Waals surface area contributed by atoms with E-state index in [-0.39, 0.29) is 22.6 Å². The minimum absolute atomic E-state index is 0.0108. The SMILES string of the molecule is [C-]#[N+]C1=C(C)/C(=C\c2cc3sc4c5sc6c(c5sc4c3s2)C2(CCCCC2)C(/C=C2/C(=O)N(C)C(=O)C(C#N)=C2C)=C6)C(=O)N(C)C1=O. The van der Waals surface area contributed by atoms with Gasteiger partial charge in [0.1, 0.15) is 11.6 Å². The van der Waals surface area contributed by atoms with Crippen LogP contribution < -0.4 is 0 Å². The van der Waals surface area contributed by atoms with Crippen molar-refractivity contribution in [2.45, 2.75) is 51.4 Å². The van der Waals surface area contributed by atoms with Crippen molar-refractivity contribution >= 4 is 109 Å². The molecule has 0 atom stereocenters. The van der Waals surface area contributed by atoms with Crippen LogP contribution in [0.25, 0.3) is 45.2 Å². The first kappa shape index (κ1) is 30.8. The topological polar surface area (TPSA) is 103 Å². The molecule has 4 amide bonds. The highest BCUT2D eigenvalue weighted by atomic mass is 32.1. The average molecular weight is 707 g/mol. The summed E-state index contributed by atoms with van der Waals surface area (Å²) < 4.78 is 7.36. The number of nitriles is 1. The monoisotopic (exact) mass is 706 g/mol. The summed E-state index contributed by atoms with van der Waals surface area (Å²) >= 11 is 6.98. The van der Waals surface area contributed by atoms with Gasteiger partial charge in [-0.3, -0.25) is 29.0 Å². The fourth-order valence-electron chi connectivity index (χ4n) is 7.51. The Morgan fingerprint density at radius 2 is 1.46 bits per heavy atom. The molecule has 2 aliphatic carbocycles. The first-order valence-electron chi connectivity index (χ1n) is 15.4. The van der Waals surface area contributed by atoms with Gasteiger partial charge in [-0.05, 0) is 73.3 Å². The Hall–Kier alpha value is -4.46. The molecule has 4 aromatic rings. The van der Waals surface area contributed by atoms with Crippen molar-refractivity contribution < 1.29 is 19.2 Å². The molecule has 1 fully saturated rings. The molecule has 0 unspecified atom stereocenters. The predicted molar refractivity (Wildman–Crippen MR) is 192 cm³/mol. The van der Waals surface area contributed by atoms with Gasteiger partial charge in [0, 0.05) is 45.1 Å². The standard InChI is InChI=1S/C36H26N4O4S4/c1-16-20(32(41)39(4)34(43)22(16)15-37)11-18-12-23-25(36(18)9-7-6-8-10-36)28-30(46-23)31-29(48-28)27-24(47-31)14-19(45-27)13-21-17(2)26(38-3)35(44)40(5)33(21)42/h11-14H,6-10H2,1-2,4-5H3/b20-11+,21-13+. The summed E-state index contributed by atoms with van der Waals surface area (Å²) in [4.78, 5) is 59.0. The van der Waals surface area contributed by atoms with Crippen LogP contribution in [0.3, 0.4) is 0 Å². The molecule has 12 heteroatoms. The van der Waals surface area contributed by atoms with Crippen LogP contribution in [0.1, 0.15) is 61.3 Å². The number of fused-ring (bicyclic) bond motifs is 8. The lowest BCUT2D eigenvalue weighted by molar-refractivity contribution is -0.140. The number of carbonyl (C=O) groups excluding carboxylic acids is 4. The molecule has 48 heavy (non-hydrogen) atoms. The van der Waals surface area contributed by atoms with Gasteiger partial charge in [0.15, 0.2) is 0 Å². The summed E-state index contributed by atoms with van der Waals surface area (Å²) in [5, 5.41) is 9.71. The van der Waals surface area contributed by atoms with Gasteiger partial charge in [-0.2, -0.15) is 5.26 Å². The summed E-state index contributed by atoms with van der Waals surface area (Å²) in [6, 6.07) is 4.10. The van der Waals surface area contributed by atoms with Crippen molar-refractivity contribution in [1.29, 1.82) is 5.26 Å². The number of hydrogen-bond acceptors (Lipinski definition) is 9. The van der Waals surface area contributed by atoms with Gasteiger partial charge >= 0.3 is 0 Å². The van der Waals surface area contributed by atoms with Gasteiger partial charge in [-0.25, -0.2) is 4.85 Å². The molecule has 0 radical (unpaired) electrons. The summed E-state index contributed by atoms with van der Waals surface area (Å²) in [7, 11) is 2.84. The van der Waals surface area contributed by atoms with E-state index in [1.807, 2.05) is 23.5 Å². The second-order valence-corrected chi connectivity index (χ2v) is 16.8. The van der Waals surface area contributed by atoms with Crippen LogP contribution in [0.5, 0.6) is 0 Å². The highest BCUT2D eigenvalue weighted by Crippen LogP contribution is 2.60. The normalized spacial score (nSPS) is 21.6. The number of carbonyl (C=O) groups is 4. The summed E-state index contributed by atoms with van der Waals surface area (Å²) in [6.07, 6.45) is 11.2. The molecule has 0 saturated heterocycles. The molecule has 238 valence electrons. The van der Waals surface area contributed by atoms with E-state index >= 15 is 0 Å². The third-order valence-corrected chi connectivity index (χ3v) is 15.4. The largest absolute Gasteiger partial charge is 0.287 e. The molecule has 6 heterocycles. The zero-order chi connectivity index (χ0) is 33.8. The Morgan fingerprint density at radius 3 is 2.15 bits per heavy atom. The van der Waals surface area contributed by atoms with Crippen LogP contribution in [0.15, 0.2) is 51.3 Å². The van der Waals surface area contributed by atoms with Crippen LogP contribution in [-0.2, 0) is 24.6 Å². The van der Waals surface area contributed by atoms with Crippen LogP contribution >= 0.6 is 45.3 Å². The van der Waals surface area contributed by atoms with E-state index in [1.54, 1.807) is 53.9 Å². The minimum atomic E-state index is -0.569. The Bertz CT molecular complexity index is 2490. The first-order valence-corrected chi connectivity index (χ1v) is 18.7. The second kappa shape index (κ2) is 10.8. The first-order chi connectivity index (χ1) is 23.0. The van der Waals surface area contributed by atoms with E-state index in [0.717, 1.165) is 57.1 Å². The Kier molecular flexibility index (Phi) is 6.92. The van der Waals surface area contributed by atoms with Crippen molar-refractivity contribution in [3.63, 3.8) is 0 Å². The second-order valence-electron chi connectivity index (χ2n) is 12.6. The molecule has 4 aromatic heterocycles. The van der Waals surface area contributed by atoms with Gasteiger partial charge in [0.25, 0.3) is 29.3 Å². The maximum atomic E-state index is 13.3. The zero-order valence-corrected chi connectivity index (χ0v) is 29.7. The zero-order valence-electron chi connectivity index (χ0n) is 26.4. The van der Waals surface area contributed by atoms with Crippen molar-refractivity contribution in [2.75, 3.05) is 14.1 Å². The fraction of sp³-hybridized carbons (Fsp3) is 0.278. The smallest absolute Gasteiger partial charge is 0.271 e. The van der Waals surface area contributed by atoms with Crippen LogP contribution in [0.4, 0.5) is 0 Å². The molecule has 0 N–H and O–H groups in total. The molecule has 8 rings (SSSR count). The van der Waals surface area contributed by atoms with E-state index in [2.05, 4.69) is 17.0 Å². The van der Waals surface area contributed by atoms with Crippen LogP contribution in [0.2, 0.25) is 0 Å². The number of thiophene rings is 4. The fourth-order valence-corrected chi connectivity index (χ4v) is 13.5. The Balaban J connectivity index is 1.25. The third-order valence-electron chi connectivity index (χ3n) is 10.1. The van der Waals surface area contributed by atoms with E-state index in [9.17, 15) is 24.4 Å². The quantitative estimate of drug-likeness (QED) is 0.119. The van der Waals surface area contributed by atoms with Crippen molar-refractivity contribution in [3.05, 3.63) is 78.0 Å². The lowest BCUT2D eigenvalue weighted by Gasteiger charge is -2.37. The van der Waals surface area contributed by atoms with E-state index in [1.165, 1.54) is 48.0 Å². The molecule has 0 aromatic carbocycles. The van der Waals surface area contributed by atoms with Gasteiger partial charge < -0.3 is 0 Å². The van der Waals surface area contributed by atoms with Gasteiger partial charge in [0.2, 0.25) is 0 Å². The van der Waals surface area contributed by atoms with Gasteiger partial charge in [0.05, 0.1) is 30.1 Å². The van der Waals surface area contributed by atoms with Crippen LogP contribution in [0, 0.1) is 17.9 Å². The number of hydrogen-bond donors (Lipinski definition) is 0.